The van der Waals surface area contributed by atoms with Crippen LogP contribution in [-0.2, 0) is 32.8 Å². The molecule has 8 nitrogen and oxygen atoms in total. The van der Waals surface area contributed by atoms with E-state index in [1.165, 1.54) is 0 Å². The predicted molar refractivity (Wildman–Crippen MR) is 146 cm³/mol. The maximum atomic E-state index is 12.7. The molecule has 0 saturated heterocycles. The summed E-state index contributed by atoms with van der Waals surface area (Å²) in [5.41, 5.74) is 3.83. The van der Waals surface area contributed by atoms with E-state index in [0.717, 1.165) is 43.5 Å². The van der Waals surface area contributed by atoms with E-state index in [0.29, 0.717) is 12.4 Å². The molecule has 0 fully saturated rings. The number of ether oxygens (including phenoxy) is 2. The second-order valence-electron chi connectivity index (χ2n) is 8.76. The number of rotatable bonds is 8. The van der Waals surface area contributed by atoms with E-state index in [9.17, 15) is 18.3 Å². The Morgan fingerprint density at radius 3 is 2.39 bits per heavy atom. The van der Waals surface area contributed by atoms with Gasteiger partial charge in [-0.05, 0) is 58.1 Å². The van der Waals surface area contributed by atoms with E-state index in [4.69, 9.17) is 9.47 Å². The Morgan fingerprint density at radius 2 is 1.66 bits per heavy atom. The zero-order valence-electron chi connectivity index (χ0n) is 20.6. The fraction of sp³-hybridized carbons (Fsp3) is 0.138. The number of nitrogens with one attached hydrogen (secondary N) is 1. The first kappa shape index (κ1) is 25.2. The maximum Gasteiger partial charge on any atom is 0.330 e. The normalized spacial score (nSPS) is 14.1. The average Bonchev–Trinajstić information content (AvgIpc) is 3.18. The highest BCUT2D eigenvalue weighted by atomic mass is 32.2. The van der Waals surface area contributed by atoms with Gasteiger partial charge in [0.15, 0.2) is 0 Å². The highest BCUT2D eigenvalue weighted by Gasteiger charge is 2.31. The van der Waals surface area contributed by atoms with Crippen molar-refractivity contribution >= 4 is 32.6 Å². The molecule has 0 aliphatic carbocycles. The Bertz CT molecular complexity index is 1630. The quantitative estimate of drug-likeness (QED) is 0.303. The molecule has 0 saturated carbocycles. The van der Waals surface area contributed by atoms with Crippen molar-refractivity contribution in [2.75, 3.05) is 10.9 Å². The Hall–Kier alpha value is -4.50. The summed E-state index contributed by atoms with van der Waals surface area (Å²) in [7, 11) is -4.03. The average molecular weight is 531 g/mol. The van der Waals surface area contributed by atoms with Crippen LogP contribution in [0.4, 0.5) is 5.69 Å². The summed E-state index contributed by atoms with van der Waals surface area (Å²) >= 11 is 0. The van der Waals surface area contributed by atoms with Crippen molar-refractivity contribution in [3.63, 3.8) is 0 Å². The molecule has 0 unspecified atom stereocenters. The van der Waals surface area contributed by atoms with Gasteiger partial charge in [0.2, 0.25) is 5.88 Å². The van der Waals surface area contributed by atoms with E-state index >= 15 is 0 Å². The molecule has 4 aromatic rings. The third kappa shape index (κ3) is 5.42. The summed E-state index contributed by atoms with van der Waals surface area (Å²) in [6.07, 6.45) is 1.28. The predicted octanol–water partition coefficient (Wildman–Crippen LogP) is 5.20. The minimum absolute atomic E-state index is 0.178. The second kappa shape index (κ2) is 10.5. The molecule has 0 amide bonds. The molecule has 1 aliphatic heterocycles. The van der Waals surface area contributed by atoms with Gasteiger partial charge >= 0.3 is 16.2 Å². The molecule has 0 bridgehead atoms. The summed E-state index contributed by atoms with van der Waals surface area (Å²) < 4.78 is 39.6. The van der Waals surface area contributed by atoms with E-state index in [-0.39, 0.29) is 24.7 Å². The summed E-state index contributed by atoms with van der Waals surface area (Å²) in [6, 6.07) is 26.5. The van der Waals surface area contributed by atoms with Crippen molar-refractivity contribution in [3.8, 4) is 16.9 Å². The Balaban J connectivity index is 1.54. The van der Waals surface area contributed by atoms with Crippen molar-refractivity contribution in [2.45, 2.75) is 20.0 Å². The molecule has 1 heterocycles. The number of anilines is 1. The van der Waals surface area contributed by atoms with Crippen LogP contribution in [0.25, 0.3) is 21.9 Å². The number of esters is 1. The van der Waals surface area contributed by atoms with E-state index in [1.807, 2.05) is 72.8 Å². The number of benzene rings is 4. The van der Waals surface area contributed by atoms with Crippen molar-refractivity contribution in [2.24, 2.45) is 0 Å². The molecule has 2 N–H and O–H groups in total. The van der Waals surface area contributed by atoms with E-state index in [1.54, 1.807) is 19.1 Å². The lowest BCUT2D eigenvalue weighted by Crippen LogP contribution is -2.29. The van der Waals surface area contributed by atoms with Crippen LogP contribution in [0.3, 0.4) is 0 Å². The largest absolute Gasteiger partial charge is 0.493 e. The minimum atomic E-state index is -4.03. The molecule has 194 valence electrons. The molecule has 9 heteroatoms. The topological polar surface area (TPSA) is 105 Å². The first-order chi connectivity index (χ1) is 18.3. The number of hydrogen-bond donors (Lipinski definition) is 2. The van der Waals surface area contributed by atoms with Crippen LogP contribution in [-0.4, -0.2) is 26.1 Å². The lowest BCUT2D eigenvalue weighted by Gasteiger charge is -2.20. The van der Waals surface area contributed by atoms with Crippen LogP contribution in [0.2, 0.25) is 0 Å². The highest BCUT2D eigenvalue weighted by molar-refractivity contribution is 7.91. The van der Waals surface area contributed by atoms with Gasteiger partial charge in [-0.15, -0.1) is 0 Å². The Morgan fingerprint density at radius 1 is 0.895 bits per heavy atom. The molecule has 1 aliphatic rings. The zero-order valence-corrected chi connectivity index (χ0v) is 21.4. The Labute approximate surface area is 220 Å². The number of nitrogens with zero attached hydrogens (tertiary/aromatic N) is 1. The van der Waals surface area contributed by atoms with Crippen LogP contribution in [0.1, 0.15) is 18.1 Å². The number of aliphatic hydroxyl groups is 1. The van der Waals surface area contributed by atoms with Crippen molar-refractivity contribution < 1.29 is 27.8 Å². The van der Waals surface area contributed by atoms with Gasteiger partial charge < -0.3 is 14.6 Å². The number of fused-ring (bicyclic) bond motifs is 1. The SMILES string of the molecule is CCOC(=O)Cc1cccc(-c2ccc3cc(OCc4ccccc4)c(N4C=C(O)NS4(=O)=O)cc3c2)c1. The molecular weight excluding hydrogens is 504 g/mol. The van der Waals surface area contributed by atoms with Crippen molar-refractivity contribution in [1.82, 2.24) is 4.72 Å². The van der Waals surface area contributed by atoms with Crippen LogP contribution < -0.4 is 13.8 Å². The fourth-order valence-corrected chi connectivity index (χ4v) is 5.35. The minimum Gasteiger partial charge on any atom is -0.493 e. The molecule has 0 atom stereocenters. The van der Waals surface area contributed by atoms with Gasteiger partial charge in [0.05, 0.1) is 19.2 Å². The van der Waals surface area contributed by atoms with Crippen molar-refractivity contribution in [1.29, 1.82) is 0 Å². The van der Waals surface area contributed by atoms with Gasteiger partial charge in [-0.1, -0.05) is 66.7 Å². The monoisotopic (exact) mass is 530 g/mol. The first-order valence-corrected chi connectivity index (χ1v) is 13.5. The van der Waals surface area contributed by atoms with E-state index in [2.05, 4.69) is 4.72 Å². The molecule has 0 radical (unpaired) electrons. The lowest BCUT2D eigenvalue weighted by atomic mass is 9.98. The summed E-state index contributed by atoms with van der Waals surface area (Å²) in [5, 5.41) is 11.5. The molecular formula is C29H26N2O6S. The van der Waals surface area contributed by atoms with Crippen LogP contribution in [0.5, 0.6) is 5.75 Å². The van der Waals surface area contributed by atoms with Gasteiger partial charge in [0.1, 0.15) is 18.0 Å². The lowest BCUT2D eigenvalue weighted by molar-refractivity contribution is -0.142. The number of carbonyl (C=O) groups excluding carboxylic acids is 1. The van der Waals surface area contributed by atoms with Gasteiger partial charge in [0.25, 0.3) is 0 Å². The Kier molecular flexibility index (Phi) is 6.93. The van der Waals surface area contributed by atoms with Gasteiger partial charge in [-0.25, -0.2) is 9.03 Å². The smallest absolute Gasteiger partial charge is 0.330 e. The third-order valence-corrected chi connectivity index (χ3v) is 7.33. The summed E-state index contributed by atoms with van der Waals surface area (Å²) in [4.78, 5) is 11.9. The standard InChI is InChI=1S/C29H26N2O6S/c1-2-36-29(33)14-21-9-6-10-22(13-21)23-11-12-24-17-27(37-19-20-7-4-3-5-8-20)26(16-25(24)15-23)31-18-28(32)30-38(31,34)35/h3-13,15-18,30,32H,2,14,19H2,1H3. The fourth-order valence-electron chi connectivity index (χ4n) is 4.29. The third-order valence-electron chi connectivity index (χ3n) is 6.04. The summed E-state index contributed by atoms with van der Waals surface area (Å²) in [6.45, 7) is 2.34. The van der Waals surface area contributed by atoms with Crippen molar-refractivity contribution in [3.05, 3.63) is 108 Å². The number of aliphatic hydroxyl groups excluding tert-OH is 1. The van der Waals surface area contributed by atoms with Crippen LogP contribution in [0, 0.1) is 0 Å². The molecule has 0 aromatic heterocycles. The van der Waals surface area contributed by atoms with Gasteiger partial charge in [0, 0.05) is 0 Å². The number of carbonyl (C=O) groups is 1. The van der Waals surface area contributed by atoms with Crippen LogP contribution in [0.15, 0.2) is 97.0 Å². The molecule has 4 aromatic carbocycles. The maximum absolute atomic E-state index is 12.7. The van der Waals surface area contributed by atoms with E-state index < -0.39 is 16.1 Å². The zero-order chi connectivity index (χ0) is 26.7. The molecule has 5 rings (SSSR count). The van der Waals surface area contributed by atoms with Gasteiger partial charge in [-0.2, -0.15) is 8.42 Å². The van der Waals surface area contributed by atoms with Crippen LogP contribution >= 0.6 is 0 Å². The molecule has 0 spiro atoms. The number of hydrogen-bond acceptors (Lipinski definition) is 6. The van der Waals surface area contributed by atoms with Gasteiger partial charge in [-0.3, -0.25) is 4.79 Å². The highest BCUT2D eigenvalue weighted by Crippen LogP contribution is 2.38. The second-order valence-corrected chi connectivity index (χ2v) is 10.3. The first-order valence-electron chi connectivity index (χ1n) is 12.0. The molecule has 38 heavy (non-hydrogen) atoms. The summed E-state index contributed by atoms with van der Waals surface area (Å²) in [5.74, 6) is -0.416.